The van der Waals surface area contributed by atoms with Crippen molar-refractivity contribution >= 4 is 11.8 Å². The van der Waals surface area contributed by atoms with Gasteiger partial charge in [-0.1, -0.05) is 13.0 Å². The van der Waals surface area contributed by atoms with Gasteiger partial charge in [0.2, 0.25) is 5.91 Å². The number of amides is 2. The van der Waals surface area contributed by atoms with Crippen LogP contribution in [-0.4, -0.2) is 65.1 Å². The summed E-state index contributed by atoms with van der Waals surface area (Å²) >= 11 is 0. The van der Waals surface area contributed by atoms with Crippen LogP contribution in [-0.2, 0) is 16.1 Å². The average molecular weight is 454 g/mol. The summed E-state index contributed by atoms with van der Waals surface area (Å²) in [6.45, 7) is 10.4. The zero-order valence-electron chi connectivity index (χ0n) is 19.7. The van der Waals surface area contributed by atoms with Crippen LogP contribution in [0.1, 0.15) is 68.3 Å². The van der Waals surface area contributed by atoms with Crippen molar-refractivity contribution in [2.24, 2.45) is 0 Å². The van der Waals surface area contributed by atoms with Gasteiger partial charge in [0, 0.05) is 36.9 Å². The highest BCUT2D eigenvalue weighted by Gasteiger charge is 2.40. The molecule has 178 valence electrons. The summed E-state index contributed by atoms with van der Waals surface area (Å²) in [7, 11) is 0. The molecule has 7 heteroatoms. The third-order valence-electron chi connectivity index (χ3n) is 7.37. The topological polar surface area (TPSA) is 71.1 Å². The number of hydrogen-bond donors (Lipinski definition) is 1. The summed E-state index contributed by atoms with van der Waals surface area (Å²) in [6, 6.07) is 5.75. The number of hydrogen-bond acceptors (Lipinski definition) is 5. The second kappa shape index (κ2) is 9.11. The molecule has 33 heavy (non-hydrogen) atoms. The first kappa shape index (κ1) is 22.4. The van der Waals surface area contributed by atoms with E-state index in [2.05, 4.69) is 30.6 Å². The van der Waals surface area contributed by atoms with Gasteiger partial charge < -0.3 is 19.7 Å². The summed E-state index contributed by atoms with van der Waals surface area (Å²) < 4.78 is 12.5. The Labute approximate surface area is 196 Å². The van der Waals surface area contributed by atoms with E-state index in [0.717, 1.165) is 42.9 Å². The van der Waals surface area contributed by atoms with Gasteiger partial charge in [0.25, 0.3) is 5.91 Å². The number of rotatable bonds is 6. The summed E-state index contributed by atoms with van der Waals surface area (Å²) in [6.07, 6.45) is 6.69. The third kappa shape index (κ3) is 4.53. The molecule has 0 radical (unpaired) electrons. The van der Waals surface area contributed by atoms with Crippen LogP contribution < -0.4 is 10.1 Å². The number of fused-ring (bicyclic) bond motifs is 1. The molecule has 3 fully saturated rings. The molecule has 5 rings (SSSR count). The Morgan fingerprint density at radius 3 is 2.67 bits per heavy atom. The van der Waals surface area contributed by atoms with Crippen LogP contribution in [0, 0.1) is 0 Å². The average Bonchev–Trinajstić information content (AvgIpc) is 3.06. The van der Waals surface area contributed by atoms with Crippen molar-refractivity contribution in [3.05, 3.63) is 41.6 Å². The zero-order valence-corrected chi connectivity index (χ0v) is 19.7. The normalized spacial score (nSPS) is 28.6. The number of carbonyl (C=O) groups is 2. The summed E-state index contributed by atoms with van der Waals surface area (Å²) in [5, 5.41) is 2.79. The third-order valence-corrected chi connectivity index (χ3v) is 7.37. The van der Waals surface area contributed by atoms with E-state index in [9.17, 15) is 9.59 Å². The van der Waals surface area contributed by atoms with Crippen molar-refractivity contribution in [2.75, 3.05) is 13.1 Å². The molecule has 3 heterocycles. The van der Waals surface area contributed by atoms with E-state index < -0.39 is 6.04 Å². The Bertz CT molecular complexity index is 939. The maximum Gasteiger partial charge on any atom is 0.255 e. The SMILES string of the molecule is C=C1CCC(N2Cc3cc(O[C@H]4CCCC[C@H]4N4CC(OC(C)C)C4)ccc3C2=O)C(=O)N1. The number of allylic oxidation sites excluding steroid dienone is 1. The fourth-order valence-electron chi connectivity index (χ4n) is 5.72. The Balaban J connectivity index is 1.24. The Morgan fingerprint density at radius 2 is 1.91 bits per heavy atom. The summed E-state index contributed by atoms with van der Waals surface area (Å²) in [5.74, 6) is 0.608. The van der Waals surface area contributed by atoms with E-state index in [1.54, 1.807) is 4.90 Å². The first-order valence-corrected chi connectivity index (χ1v) is 12.4. The van der Waals surface area contributed by atoms with Crippen LogP contribution >= 0.6 is 0 Å². The lowest BCUT2D eigenvalue weighted by atomic mass is 9.89. The molecule has 2 saturated heterocycles. The lowest BCUT2D eigenvalue weighted by molar-refractivity contribution is -0.126. The Hall–Kier alpha value is -2.38. The van der Waals surface area contributed by atoms with Gasteiger partial charge >= 0.3 is 0 Å². The number of ether oxygens (including phenoxy) is 2. The monoisotopic (exact) mass is 453 g/mol. The van der Waals surface area contributed by atoms with Crippen molar-refractivity contribution in [1.82, 2.24) is 15.1 Å². The lowest BCUT2D eigenvalue weighted by Crippen LogP contribution is -2.61. The molecule has 0 aromatic heterocycles. The highest BCUT2D eigenvalue weighted by molar-refractivity contribution is 6.01. The van der Waals surface area contributed by atoms with Gasteiger partial charge in [-0.25, -0.2) is 0 Å². The van der Waals surface area contributed by atoms with Crippen LogP contribution in [0.5, 0.6) is 5.75 Å². The molecule has 1 aromatic carbocycles. The second-order valence-corrected chi connectivity index (χ2v) is 10.2. The highest BCUT2D eigenvalue weighted by Crippen LogP contribution is 2.34. The molecule has 3 atom stereocenters. The quantitative estimate of drug-likeness (QED) is 0.716. The van der Waals surface area contributed by atoms with Crippen LogP contribution in [0.4, 0.5) is 0 Å². The minimum Gasteiger partial charge on any atom is -0.489 e. The van der Waals surface area contributed by atoms with E-state index in [1.807, 2.05) is 18.2 Å². The molecule has 1 unspecified atom stereocenters. The minimum atomic E-state index is -0.435. The predicted molar refractivity (Wildman–Crippen MR) is 125 cm³/mol. The Kier molecular flexibility index (Phi) is 6.18. The lowest BCUT2D eigenvalue weighted by Gasteiger charge is -2.48. The molecule has 1 aliphatic carbocycles. The number of benzene rings is 1. The van der Waals surface area contributed by atoms with E-state index in [0.29, 0.717) is 37.1 Å². The van der Waals surface area contributed by atoms with Crippen molar-refractivity contribution in [3.63, 3.8) is 0 Å². The fourth-order valence-corrected chi connectivity index (χ4v) is 5.72. The van der Waals surface area contributed by atoms with E-state index in [-0.39, 0.29) is 24.0 Å². The maximum absolute atomic E-state index is 13.0. The second-order valence-electron chi connectivity index (χ2n) is 10.2. The first-order valence-electron chi connectivity index (χ1n) is 12.4. The highest BCUT2D eigenvalue weighted by atomic mass is 16.5. The van der Waals surface area contributed by atoms with E-state index in [1.165, 1.54) is 12.8 Å². The number of piperidine rings is 1. The van der Waals surface area contributed by atoms with Crippen molar-refractivity contribution in [3.8, 4) is 5.75 Å². The smallest absolute Gasteiger partial charge is 0.255 e. The van der Waals surface area contributed by atoms with Gasteiger partial charge in [-0.05, 0) is 69.7 Å². The first-order chi connectivity index (χ1) is 15.9. The number of likely N-dealkylation sites (tertiary alicyclic amines) is 1. The zero-order chi connectivity index (χ0) is 23.1. The number of carbonyl (C=O) groups excluding carboxylic acids is 2. The Morgan fingerprint density at radius 1 is 1.12 bits per heavy atom. The van der Waals surface area contributed by atoms with Crippen LogP contribution in [0.3, 0.4) is 0 Å². The molecule has 0 bridgehead atoms. The van der Waals surface area contributed by atoms with E-state index >= 15 is 0 Å². The molecule has 7 nitrogen and oxygen atoms in total. The molecule has 1 aromatic rings. The van der Waals surface area contributed by atoms with Crippen LogP contribution in [0.2, 0.25) is 0 Å². The van der Waals surface area contributed by atoms with Gasteiger partial charge in [-0.3, -0.25) is 14.5 Å². The van der Waals surface area contributed by atoms with Crippen LogP contribution in [0.15, 0.2) is 30.5 Å². The largest absolute Gasteiger partial charge is 0.489 e. The standard InChI is InChI=1S/C26H35N3O4/c1-16(2)32-20-14-28(15-20)22-6-4-5-7-24(22)33-19-9-10-21-18(12-19)13-29(26(21)31)23-11-8-17(3)27-25(23)30/h9-10,12,16,20,22-24H,3-8,11,13-15H2,1-2H3,(H,27,30)/t22-,23?,24+/m1/s1. The van der Waals surface area contributed by atoms with Gasteiger partial charge in [-0.2, -0.15) is 0 Å². The minimum absolute atomic E-state index is 0.0727. The van der Waals surface area contributed by atoms with Gasteiger partial charge in [-0.15, -0.1) is 0 Å². The van der Waals surface area contributed by atoms with E-state index in [4.69, 9.17) is 9.47 Å². The molecule has 2 amide bonds. The number of nitrogens with zero attached hydrogens (tertiary/aromatic N) is 2. The van der Waals surface area contributed by atoms with Crippen molar-refractivity contribution < 1.29 is 19.1 Å². The van der Waals surface area contributed by atoms with Gasteiger partial charge in [0.15, 0.2) is 0 Å². The molecule has 1 N–H and O–H groups in total. The van der Waals surface area contributed by atoms with Crippen molar-refractivity contribution in [2.45, 2.75) is 89.3 Å². The van der Waals surface area contributed by atoms with Crippen molar-refractivity contribution in [1.29, 1.82) is 0 Å². The van der Waals surface area contributed by atoms with Gasteiger partial charge in [0.05, 0.1) is 12.2 Å². The van der Waals surface area contributed by atoms with Crippen LogP contribution in [0.25, 0.3) is 0 Å². The van der Waals surface area contributed by atoms with Gasteiger partial charge in [0.1, 0.15) is 17.9 Å². The molecular formula is C26H35N3O4. The molecular weight excluding hydrogens is 418 g/mol. The maximum atomic E-state index is 13.0. The predicted octanol–water partition coefficient (Wildman–Crippen LogP) is 3.23. The summed E-state index contributed by atoms with van der Waals surface area (Å²) in [4.78, 5) is 29.6. The molecule has 0 spiro atoms. The summed E-state index contributed by atoms with van der Waals surface area (Å²) in [5.41, 5.74) is 2.34. The number of nitrogens with one attached hydrogen (secondary N) is 1. The molecule has 4 aliphatic rings. The molecule has 1 saturated carbocycles. The fraction of sp³-hybridized carbons (Fsp3) is 0.615. The molecule has 3 aliphatic heterocycles.